The molecule has 0 bridgehead atoms. The van der Waals surface area contributed by atoms with Crippen LogP contribution in [0.4, 0.5) is 0 Å². The van der Waals surface area contributed by atoms with Gasteiger partial charge >= 0.3 is 0 Å². The fourth-order valence-corrected chi connectivity index (χ4v) is 2.42. The standard InChI is InChI=1S/C13H20N6S.HI/c1-3-14-13(15-7-6-11-5-4-8-20-11)16-9-12-17-10-18-19(12)2;/h4-5,8,10H,3,6-7,9H2,1-2H3,(H2,14,15,16);1H. The Morgan fingerprint density at radius 2 is 2.29 bits per heavy atom. The Kier molecular flexibility index (Phi) is 8.28. The van der Waals surface area contributed by atoms with Gasteiger partial charge in [-0.05, 0) is 24.8 Å². The monoisotopic (exact) mass is 420 g/mol. The highest BCUT2D eigenvalue weighted by Gasteiger charge is 2.01. The molecule has 2 heterocycles. The maximum absolute atomic E-state index is 4.51. The molecule has 0 saturated heterocycles. The lowest BCUT2D eigenvalue weighted by Gasteiger charge is -2.10. The second-order valence-electron chi connectivity index (χ2n) is 4.25. The number of hydrogen-bond acceptors (Lipinski definition) is 4. The van der Waals surface area contributed by atoms with Crippen LogP contribution in [-0.4, -0.2) is 33.8 Å². The van der Waals surface area contributed by atoms with Crippen LogP contribution in [0.2, 0.25) is 0 Å². The molecule has 2 aromatic heterocycles. The lowest BCUT2D eigenvalue weighted by Crippen LogP contribution is -2.38. The molecule has 2 N–H and O–H groups in total. The van der Waals surface area contributed by atoms with Gasteiger partial charge in [0.1, 0.15) is 18.7 Å². The van der Waals surface area contributed by atoms with E-state index >= 15 is 0 Å². The smallest absolute Gasteiger partial charge is 0.191 e. The number of thiophene rings is 1. The van der Waals surface area contributed by atoms with Gasteiger partial charge in [0.2, 0.25) is 0 Å². The molecule has 6 nitrogen and oxygen atoms in total. The van der Waals surface area contributed by atoms with Crippen molar-refractivity contribution in [3.63, 3.8) is 0 Å². The van der Waals surface area contributed by atoms with E-state index in [-0.39, 0.29) is 24.0 Å². The van der Waals surface area contributed by atoms with Crippen LogP contribution in [0.25, 0.3) is 0 Å². The molecule has 0 unspecified atom stereocenters. The van der Waals surface area contributed by atoms with Crippen molar-refractivity contribution in [2.45, 2.75) is 19.9 Å². The van der Waals surface area contributed by atoms with E-state index in [9.17, 15) is 0 Å². The fraction of sp³-hybridized carbons (Fsp3) is 0.462. The minimum absolute atomic E-state index is 0. The molecule has 2 rings (SSSR count). The number of hydrogen-bond donors (Lipinski definition) is 2. The summed E-state index contributed by atoms with van der Waals surface area (Å²) in [6.45, 7) is 4.28. The summed E-state index contributed by atoms with van der Waals surface area (Å²) in [5, 5.41) is 12.7. The summed E-state index contributed by atoms with van der Waals surface area (Å²) in [7, 11) is 1.87. The first-order valence-corrected chi connectivity index (χ1v) is 7.55. The predicted molar refractivity (Wildman–Crippen MR) is 97.3 cm³/mol. The highest BCUT2D eigenvalue weighted by atomic mass is 127. The van der Waals surface area contributed by atoms with Gasteiger partial charge in [0.15, 0.2) is 5.96 Å². The molecule has 0 amide bonds. The van der Waals surface area contributed by atoms with Crippen molar-refractivity contribution in [3.8, 4) is 0 Å². The number of aromatic nitrogens is 3. The maximum atomic E-state index is 4.51. The molecule has 2 aromatic rings. The highest BCUT2D eigenvalue weighted by Crippen LogP contribution is 2.07. The molecule has 0 aliphatic heterocycles. The van der Waals surface area contributed by atoms with E-state index in [1.807, 2.05) is 7.05 Å². The van der Waals surface area contributed by atoms with Gasteiger partial charge < -0.3 is 10.6 Å². The third-order valence-electron chi connectivity index (χ3n) is 2.77. The number of nitrogens with zero attached hydrogens (tertiary/aromatic N) is 4. The van der Waals surface area contributed by atoms with Crippen molar-refractivity contribution in [2.24, 2.45) is 12.0 Å². The van der Waals surface area contributed by atoms with Gasteiger partial charge in [0.05, 0.1) is 0 Å². The van der Waals surface area contributed by atoms with Crippen molar-refractivity contribution >= 4 is 41.3 Å². The Morgan fingerprint density at radius 1 is 1.43 bits per heavy atom. The first-order chi connectivity index (χ1) is 9.79. The van der Waals surface area contributed by atoms with E-state index in [4.69, 9.17) is 0 Å². The molecule has 0 fully saturated rings. The van der Waals surface area contributed by atoms with E-state index in [1.54, 1.807) is 22.3 Å². The first kappa shape index (κ1) is 17.9. The van der Waals surface area contributed by atoms with Crippen LogP contribution < -0.4 is 10.6 Å². The summed E-state index contributed by atoms with van der Waals surface area (Å²) < 4.78 is 1.73. The van der Waals surface area contributed by atoms with E-state index < -0.39 is 0 Å². The molecule has 21 heavy (non-hydrogen) atoms. The Balaban J connectivity index is 0.00000220. The Labute approximate surface area is 146 Å². The summed E-state index contributed by atoms with van der Waals surface area (Å²) in [4.78, 5) is 10.0. The Hall–Kier alpha value is -1.16. The van der Waals surface area contributed by atoms with E-state index in [0.717, 1.165) is 31.3 Å². The van der Waals surface area contributed by atoms with Crippen molar-refractivity contribution in [1.29, 1.82) is 0 Å². The van der Waals surface area contributed by atoms with Gasteiger partial charge in [-0.3, -0.25) is 4.68 Å². The Bertz CT molecular complexity index is 537. The lowest BCUT2D eigenvalue weighted by atomic mass is 10.3. The molecule has 0 saturated carbocycles. The van der Waals surface area contributed by atoms with Crippen LogP contribution in [0.15, 0.2) is 28.8 Å². The topological polar surface area (TPSA) is 67.1 Å². The summed E-state index contributed by atoms with van der Waals surface area (Å²) in [6, 6.07) is 4.23. The van der Waals surface area contributed by atoms with E-state index in [1.165, 1.54) is 4.88 Å². The lowest BCUT2D eigenvalue weighted by molar-refractivity contribution is 0.697. The molecule has 0 spiro atoms. The summed E-state index contributed by atoms with van der Waals surface area (Å²) in [5.74, 6) is 1.66. The molecule has 0 radical (unpaired) electrons. The van der Waals surface area contributed by atoms with Gasteiger partial charge in [-0.15, -0.1) is 35.3 Å². The average molecular weight is 420 g/mol. The second kappa shape index (κ2) is 9.72. The van der Waals surface area contributed by atoms with Crippen molar-refractivity contribution in [2.75, 3.05) is 13.1 Å². The molecule has 0 atom stereocenters. The first-order valence-electron chi connectivity index (χ1n) is 6.67. The van der Waals surface area contributed by atoms with Crippen LogP contribution in [0.1, 0.15) is 17.6 Å². The number of aryl methyl sites for hydroxylation is 1. The quantitative estimate of drug-likeness (QED) is 0.425. The summed E-state index contributed by atoms with van der Waals surface area (Å²) in [5.41, 5.74) is 0. The zero-order valence-corrected chi connectivity index (χ0v) is 15.4. The number of aliphatic imine (C=N–C) groups is 1. The van der Waals surface area contributed by atoms with Gasteiger partial charge in [-0.2, -0.15) is 5.10 Å². The zero-order valence-electron chi connectivity index (χ0n) is 12.2. The molecule has 0 aliphatic carbocycles. The minimum Gasteiger partial charge on any atom is -0.357 e. The van der Waals surface area contributed by atoms with Crippen LogP contribution >= 0.6 is 35.3 Å². The predicted octanol–water partition coefficient (Wildman–Crippen LogP) is 1.79. The second-order valence-corrected chi connectivity index (χ2v) is 5.28. The fourth-order valence-electron chi connectivity index (χ4n) is 1.71. The molecular weight excluding hydrogens is 399 g/mol. The van der Waals surface area contributed by atoms with Crippen LogP contribution in [0, 0.1) is 0 Å². The summed E-state index contributed by atoms with van der Waals surface area (Å²) in [6.07, 6.45) is 2.55. The SMILES string of the molecule is CCNC(=NCc1ncnn1C)NCCc1cccs1.I. The molecule has 0 aromatic carbocycles. The van der Waals surface area contributed by atoms with Gasteiger partial charge in [-0.1, -0.05) is 6.07 Å². The number of guanidine groups is 1. The van der Waals surface area contributed by atoms with Crippen molar-refractivity contribution in [1.82, 2.24) is 25.4 Å². The average Bonchev–Trinajstić information content (AvgIpc) is 3.08. The van der Waals surface area contributed by atoms with Crippen molar-refractivity contribution < 1.29 is 0 Å². The van der Waals surface area contributed by atoms with Crippen molar-refractivity contribution in [3.05, 3.63) is 34.5 Å². The van der Waals surface area contributed by atoms with Gasteiger partial charge in [0, 0.05) is 25.0 Å². The number of halogens is 1. The van der Waals surface area contributed by atoms with Gasteiger partial charge in [0.25, 0.3) is 0 Å². The van der Waals surface area contributed by atoms with Crippen LogP contribution in [-0.2, 0) is 20.0 Å². The number of nitrogens with one attached hydrogen (secondary N) is 2. The Morgan fingerprint density at radius 3 is 2.90 bits per heavy atom. The maximum Gasteiger partial charge on any atom is 0.191 e. The molecule has 116 valence electrons. The largest absolute Gasteiger partial charge is 0.357 e. The third kappa shape index (κ3) is 6.00. The molecular formula is C13H21IN6S. The number of rotatable bonds is 6. The third-order valence-corrected chi connectivity index (χ3v) is 3.71. The molecule has 8 heteroatoms. The normalized spacial score (nSPS) is 11.0. The molecule has 0 aliphatic rings. The zero-order chi connectivity index (χ0) is 14.2. The highest BCUT2D eigenvalue weighted by molar-refractivity contribution is 14.0. The van der Waals surface area contributed by atoms with Crippen LogP contribution in [0.3, 0.4) is 0 Å². The van der Waals surface area contributed by atoms with E-state index in [2.05, 4.69) is 50.1 Å². The van der Waals surface area contributed by atoms with Gasteiger partial charge in [-0.25, -0.2) is 9.98 Å². The van der Waals surface area contributed by atoms with Crippen LogP contribution in [0.5, 0.6) is 0 Å². The minimum atomic E-state index is 0. The van der Waals surface area contributed by atoms with E-state index in [0.29, 0.717) is 6.54 Å². The summed E-state index contributed by atoms with van der Waals surface area (Å²) >= 11 is 1.78.